The van der Waals surface area contributed by atoms with Gasteiger partial charge >= 0.3 is 0 Å². The van der Waals surface area contributed by atoms with Crippen LogP contribution in [0, 0.1) is 0 Å². The zero-order valence-electron chi connectivity index (χ0n) is 15.4. The van der Waals surface area contributed by atoms with Crippen LogP contribution in [0.1, 0.15) is 22.7 Å². The average Bonchev–Trinajstić information content (AvgIpc) is 2.74. The molecule has 4 aromatic rings. The van der Waals surface area contributed by atoms with Gasteiger partial charge in [0.2, 0.25) is 5.91 Å². The minimum Gasteiger partial charge on any atom is -0.508 e. The number of carbonyl (C=O) groups is 1. The van der Waals surface area contributed by atoms with Crippen molar-refractivity contribution in [3.63, 3.8) is 0 Å². The molecular weight excluding hydrogens is 346 g/mol. The van der Waals surface area contributed by atoms with Gasteiger partial charge in [-0.05, 0) is 28.0 Å². The summed E-state index contributed by atoms with van der Waals surface area (Å²) in [5, 5.41) is 15.8. The van der Waals surface area contributed by atoms with E-state index >= 15 is 0 Å². The molecule has 4 rings (SSSR count). The molecule has 0 aliphatic heterocycles. The Labute approximate surface area is 164 Å². The monoisotopic (exact) mass is 367 g/mol. The Morgan fingerprint density at radius 1 is 0.786 bits per heavy atom. The first-order chi connectivity index (χ1) is 13.7. The van der Waals surface area contributed by atoms with Crippen LogP contribution in [0.25, 0.3) is 10.8 Å². The van der Waals surface area contributed by atoms with E-state index in [9.17, 15) is 9.90 Å². The largest absolute Gasteiger partial charge is 0.508 e. The smallest absolute Gasteiger partial charge is 0.225 e. The Kier molecular flexibility index (Phi) is 5.07. The summed E-state index contributed by atoms with van der Waals surface area (Å²) in [6.07, 6.45) is 0.287. The van der Waals surface area contributed by atoms with E-state index in [0.29, 0.717) is 5.56 Å². The minimum atomic E-state index is -0.441. The molecule has 1 atom stereocenters. The highest BCUT2D eigenvalue weighted by atomic mass is 16.3. The van der Waals surface area contributed by atoms with Crippen LogP contribution in [0.15, 0.2) is 97.1 Å². The molecule has 4 aromatic carbocycles. The van der Waals surface area contributed by atoms with Crippen LogP contribution in [0.5, 0.6) is 5.75 Å². The zero-order valence-corrected chi connectivity index (χ0v) is 15.4. The summed E-state index contributed by atoms with van der Waals surface area (Å²) in [7, 11) is 0. The number of nitrogens with one attached hydrogen (secondary N) is 1. The SMILES string of the molecule is O=C(Cc1ccccc1)N[C@@H](c1ccccc1)c1c(O)ccc2ccccc12. The van der Waals surface area contributed by atoms with Crippen LogP contribution in [0.3, 0.4) is 0 Å². The number of fused-ring (bicyclic) bond motifs is 1. The van der Waals surface area contributed by atoms with Crippen LogP contribution < -0.4 is 5.32 Å². The highest BCUT2D eigenvalue weighted by Crippen LogP contribution is 2.35. The van der Waals surface area contributed by atoms with Crippen molar-refractivity contribution in [2.45, 2.75) is 12.5 Å². The molecule has 1 amide bonds. The maximum Gasteiger partial charge on any atom is 0.225 e. The Bertz CT molecular complexity index is 1090. The number of amides is 1. The van der Waals surface area contributed by atoms with E-state index in [-0.39, 0.29) is 18.1 Å². The molecule has 3 nitrogen and oxygen atoms in total. The van der Waals surface area contributed by atoms with E-state index in [1.165, 1.54) is 0 Å². The molecule has 0 saturated carbocycles. The van der Waals surface area contributed by atoms with Gasteiger partial charge in [0.25, 0.3) is 0 Å². The number of phenolic OH excluding ortho intramolecular Hbond substituents is 1. The van der Waals surface area contributed by atoms with Crippen molar-refractivity contribution in [1.29, 1.82) is 0 Å². The van der Waals surface area contributed by atoms with Crippen molar-refractivity contribution in [2.75, 3.05) is 0 Å². The van der Waals surface area contributed by atoms with E-state index in [1.54, 1.807) is 6.07 Å². The lowest BCUT2D eigenvalue weighted by Gasteiger charge is -2.22. The topological polar surface area (TPSA) is 49.3 Å². The third-order valence-corrected chi connectivity index (χ3v) is 4.88. The minimum absolute atomic E-state index is 0.0904. The molecule has 0 unspecified atom stereocenters. The normalized spacial score (nSPS) is 11.9. The summed E-state index contributed by atoms with van der Waals surface area (Å²) in [6.45, 7) is 0. The van der Waals surface area contributed by atoms with Crippen molar-refractivity contribution in [3.8, 4) is 5.75 Å². The standard InChI is InChI=1S/C25H21NO2/c27-22-16-15-19-11-7-8-14-21(19)24(22)25(20-12-5-2-6-13-20)26-23(28)17-18-9-3-1-4-10-18/h1-16,25,27H,17H2,(H,26,28)/t25-/m0/s1. The Hall–Kier alpha value is -3.59. The molecule has 0 aliphatic carbocycles. The van der Waals surface area contributed by atoms with Crippen LogP contribution in [-0.4, -0.2) is 11.0 Å². The molecule has 2 N–H and O–H groups in total. The van der Waals surface area contributed by atoms with Crippen LogP contribution in [-0.2, 0) is 11.2 Å². The van der Waals surface area contributed by atoms with E-state index in [2.05, 4.69) is 5.32 Å². The molecule has 0 aliphatic rings. The first kappa shape index (κ1) is 17.8. The maximum absolute atomic E-state index is 12.8. The molecule has 28 heavy (non-hydrogen) atoms. The quantitative estimate of drug-likeness (QED) is 0.522. The lowest BCUT2D eigenvalue weighted by Crippen LogP contribution is -2.30. The number of hydrogen-bond donors (Lipinski definition) is 2. The van der Waals surface area contributed by atoms with E-state index in [1.807, 2.05) is 91.0 Å². The van der Waals surface area contributed by atoms with Gasteiger partial charge in [0.05, 0.1) is 12.5 Å². The lowest BCUT2D eigenvalue weighted by molar-refractivity contribution is -0.120. The van der Waals surface area contributed by atoms with Crippen molar-refractivity contribution >= 4 is 16.7 Å². The highest BCUT2D eigenvalue weighted by Gasteiger charge is 2.22. The zero-order chi connectivity index (χ0) is 19.3. The van der Waals surface area contributed by atoms with Gasteiger partial charge < -0.3 is 10.4 Å². The Morgan fingerprint density at radius 2 is 1.43 bits per heavy atom. The summed E-state index contributed by atoms with van der Waals surface area (Å²) >= 11 is 0. The summed E-state index contributed by atoms with van der Waals surface area (Å²) < 4.78 is 0. The van der Waals surface area contributed by atoms with Crippen molar-refractivity contribution in [2.24, 2.45) is 0 Å². The summed E-state index contributed by atoms with van der Waals surface area (Å²) in [5.41, 5.74) is 2.59. The number of rotatable bonds is 5. The number of hydrogen-bond acceptors (Lipinski definition) is 2. The van der Waals surface area contributed by atoms with Gasteiger partial charge in [0.1, 0.15) is 5.75 Å². The van der Waals surface area contributed by atoms with Crippen molar-refractivity contribution < 1.29 is 9.90 Å². The number of phenols is 1. The fourth-order valence-electron chi connectivity index (χ4n) is 3.55. The predicted molar refractivity (Wildman–Crippen MR) is 112 cm³/mol. The van der Waals surface area contributed by atoms with E-state index in [0.717, 1.165) is 21.9 Å². The molecule has 3 heteroatoms. The second kappa shape index (κ2) is 7.97. The fourth-order valence-corrected chi connectivity index (χ4v) is 3.55. The van der Waals surface area contributed by atoms with Gasteiger partial charge in [-0.2, -0.15) is 0 Å². The molecule has 0 spiro atoms. The van der Waals surface area contributed by atoms with Crippen LogP contribution in [0.2, 0.25) is 0 Å². The predicted octanol–water partition coefficient (Wildman–Crippen LogP) is 4.99. The van der Waals surface area contributed by atoms with Crippen LogP contribution in [0.4, 0.5) is 0 Å². The molecule has 0 aromatic heterocycles. The van der Waals surface area contributed by atoms with Crippen LogP contribution >= 0.6 is 0 Å². The Balaban J connectivity index is 1.75. The van der Waals surface area contributed by atoms with Gasteiger partial charge in [-0.15, -0.1) is 0 Å². The molecule has 0 heterocycles. The van der Waals surface area contributed by atoms with Gasteiger partial charge in [0, 0.05) is 5.56 Å². The van der Waals surface area contributed by atoms with Crippen molar-refractivity contribution in [3.05, 3.63) is 114 Å². The average molecular weight is 367 g/mol. The van der Waals surface area contributed by atoms with Gasteiger partial charge in [-0.1, -0.05) is 91.0 Å². The molecule has 0 saturated heterocycles. The second-order valence-corrected chi connectivity index (χ2v) is 6.79. The summed E-state index contributed by atoms with van der Waals surface area (Å²) in [6, 6.07) is 30.4. The fraction of sp³-hybridized carbons (Fsp3) is 0.0800. The number of carbonyl (C=O) groups excluding carboxylic acids is 1. The van der Waals surface area contributed by atoms with Crippen molar-refractivity contribution in [1.82, 2.24) is 5.32 Å². The van der Waals surface area contributed by atoms with Gasteiger partial charge in [-0.25, -0.2) is 0 Å². The number of aromatic hydroxyl groups is 1. The first-order valence-electron chi connectivity index (χ1n) is 9.31. The lowest BCUT2D eigenvalue weighted by atomic mass is 9.92. The molecule has 0 bridgehead atoms. The van der Waals surface area contributed by atoms with E-state index in [4.69, 9.17) is 0 Å². The summed E-state index contributed by atoms with van der Waals surface area (Å²) in [4.78, 5) is 12.8. The molecule has 0 radical (unpaired) electrons. The first-order valence-corrected chi connectivity index (χ1v) is 9.31. The third-order valence-electron chi connectivity index (χ3n) is 4.88. The Morgan fingerprint density at radius 3 is 2.18 bits per heavy atom. The molecule has 0 fully saturated rings. The third kappa shape index (κ3) is 3.74. The highest BCUT2D eigenvalue weighted by molar-refractivity contribution is 5.89. The summed E-state index contributed by atoms with van der Waals surface area (Å²) in [5.74, 6) is 0.0833. The van der Waals surface area contributed by atoms with Gasteiger partial charge in [-0.3, -0.25) is 4.79 Å². The maximum atomic E-state index is 12.8. The second-order valence-electron chi connectivity index (χ2n) is 6.79. The van der Waals surface area contributed by atoms with E-state index < -0.39 is 6.04 Å². The molecule has 138 valence electrons. The molecular formula is C25H21NO2. The van der Waals surface area contributed by atoms with Gasteiger partial charge in [0.15, 0.2) is 0 Å². The number of benzene rings is 4.